The largest absolute Gasteiger partial charge is 0.323 e. The molecule has 0 aliphatic carbocycles. The number of hydrogen-bond donors (Lipinski definition) is 0. The van der Waals surface area contributed by atoms with Crippen molar-refractivity contribution >= 4 is 33.1 Å². The monoisotopic (exact) mass is 1510 g/mol. The van der Waals surface area contributed by atoms with E-state index in [4.69, 9.17) is 0 Å². The molecule has 0 N–H and O–H groups in total. The lowest BCUT2D eigenvalue weighted by molar-refractivity contribution is -0.660. The van der Waals surface area contributed by atoms with Crippen LogP contribution in [0.5, 0.6) is 0 Å². The van der Waals surface area contributed by atoms with Crippen LogP contribution in [0.2, 0.25) is 0 Å². The first-order valence-corrected chi connectivity index (χ1v) is 39.7. The molecule has 0 fully saturated rings. The van der Waals surface area contributed by atoms with Crippen LogP contribution < -0.4 is 27.4 Å². The molecule has 12 nitrogen and oxygen atoms in total. The van der Waals surface area contributed by atoms with E-state index >= 15 is 0 Å². The minimum absolute atomic E-state index is 1.26. The molecule has 576 valence electrons. The fraction of sp³-hybridized carbons (Fsp3) is 0.235. The van der Waals surface area contributed by atoms with Crippen molar-refractivity contribution in [2.75, 3.05) is 0 Å². The third-order valence-corrected chi connectivity index (χ3v) is 22.8. The Hall–Kier alpha value is -12.5. The molecule has 0 amide bonds. The minimum atomic E-state index is 1.26. The van der Waals surface area contributed by atoms with Crippen LogP contribution in [0, 0.1) is 125 Å². The van der Waals surface area contributed by atoms with Crippen molar-refractivity contribution in [3.8, 4) is 67.7 Å². The van der Waals surface area contributed by atoms with Gasteiger partial charge in [-0.3, -0.25) is 0 Å². The Morgan fingerprint density at radius 1 is 0.246 bits per heavy atom. The van der Waals surface area contributed by atoms with Gasteiger partial charge in [0.1, 0.15) is 48.0 Å². The van der Waals surface area contributed by atoms with E-state index in [9.17, 15) is 0 Å². The van der Waals surface area contributed by atoms with Gasteiger partial charge in [0.05, 0.1) is 44.4 Å². The maximum Gasteiger partial charge on any atom is 0.229 e. The van der Waals surface area contributed by atoms with Gasteiger partial charge >= 0.3 is 0 Å². The van der Waals surface area contributed by atoms with Gasteiger partial charge in [-0.05, 0) is 275 Å². The second-order valence-corrected chi connectivity index (χ2v) is 31.8. The predicted molar refractivity (Wildman–Crippen MR) is 469 cm³/mol. The summed E-state index contributed by atoms with van der Waals surface area (Å²) in [5.74, 6) is 0. The SMILES string of the molecule is Cc1cc[n+](C)c(-c2c(C)c3ccccn3c2C)c1.Cc1cc[n+](C)c(-c2c(C)c3ccccn3c2C)c1.Cc1cc[n+](C)c(-c2c(C)cc3cccc(C)n23)c1.Cc1cc[n+](C)c(-c2c(C)ccn3ccc(C)c23)c1.Cc1cc[n+](C)c(-c2c(C)cn3cccc(C)c23)c1.Cc1cc[n+](C)c(-c2c(C)cn3cccc(C)c23)c1. The Bertz CT molecular complexity index is 6140. The van der Waals surface area contributed by atoms with Crippen LogP contribution in [-0.2, 0) is 42.3 Å². The van der Waals surface area contributed by atoms with E-state index in [1.54, 1.807) is 0 Å². The van der Waals surface area contributed by atoms with E-state index in [-0.39, 0.29) is 0 Å². The average molecular weight is 1510 g/mol. The van der Waals surface area contributed by atoms with Crippen molar-refractivity contribution in [3.63, 3.8) is 0 Å². The first-order chi connectivity index (χ1) is 54.5. The zero-order chi connectivity index (χ0) is 81.4. The normalized spacial score (nSPS) is 11.2. The summed E-state index contributed by atoms with van der Waals surface area (Å²) in [5, 5.41) is 0. The molecule has 0 spiro atoms. The van der Waals surface area contributed by atoms with Crippen LogP contribution in [-0.4, -0.2) is 26.4 Å². The zero-order valence-corrected chi connectivity index (χ0v) is 71.6. The lowest BCUT2D eigenvalue weighted by atomic mass is 10.0. The van der Waals surface area contributed by atoms with Gasteiger partial charge < -0.3 is 26.4 Å². The Labute approximate surface area is 674 Å². The van der Waals surface area contributed by atoms with Gasteiger partial charge in [0.25, 0.3) is 0 Å². The summed E-state index contributed by atoms with van der Waals surface area (Å²) in [6.07, 6.45) is 30.0. The molecule has 0 saturated carbocycles. The predicted octanol–water partition coefficient (Wildman–Crippen LogP) is 20.1. The van der Waals surface area contributed by atoms with E-state index in [2.05, 4.69) is 477 Å². The molecule has 0 bridgehead atoms. The summed E-state index contributed by atoms with van der Waals surface area (Å²) in [4.78, 5) is 0. The molecule has 0 aromatic carbocycles. The van der Waals surface area contributed by atoms with Crippen LogP contribution in [0.25, 0.3) is 101 Å². The molecule has 18 aromatic rings. The van der Waals surface area contributed by atoms with E-state index in [0.717, 1.165) is 0 Å². The van der Waals surface area contributed by atoms with Gasteiger partial charge in [0.15, 0.2) is 37.2 Å². The van der Waals surface area contributed by atoms with E-state index in [0.29, 0.717) is 0 Å². The van der Waals surface area contributed by atoms with Crippen molar-refractivity contribution in [2.24, 2.45) is 42.3 Å². The number of aryl methyl sites for hydroxylation is 24. The van der Waals surface area contributed by atoms with Crippen LogP contribution >= 0.6 is 0 Å². The van der Waals surface area contributed by atoms with Gasteiger partial charge in [-0.1, -0.05) is 30.3 Å². The molecule has 18 heterocycles. The number of fused-ring (bicyclic) bond motifs is 6. The Kier molecular flexibility index (Phi) is 23.0. The minimum Gasteiger partial charge on any atom is -0.323 e. The highest BCUT2D eigenvalue weighted by molar-refractivity contribution is 5.86. The molecular weight excluding hydrogens is 1390 g/mol. The Morgan fingerprint density at radius 2 is 0.579 bits per heavy atom. The Balaban J connectivity index is 0.000000119. The molecule has 18 aromatic heterocycles. The summed E-state index contributed by atoms with van der Waals surface area (Å²) >= 11 is 0. The molecule has 18 rings (SSSR count). The molecule has 0 aliphatic heterocycles. The quantitative estimate of drug-likeness (QED) is 0.149. The summed E-state index contributed by atoms with van der Waals surface area (Å²) in [5.41, 5.74) is 46.9. The van der Waals surface area contributed by atoms with Crippen molar-refractivity contribution in [2.45, 2.75) is 125 Å². The fourth-order valence-corrected chi connectivity index (χ4v) is 16.7. The maximum absolute atomic E-state index is 2.34. The van der Waals surface area contributed by atoms with Crippen LogP contribution in [0.4, 0.5) is 0 Å². The molecular formula is C102H114N12+6. The molecule has 0 saturated heterocycles. The first kappa shape index (κ1) is 79.5. The molecule has 0 unspecified atom stereocenters. The smallest absolute Gasteiger partial charge is 0.229 e. The lowest BCUT2D eigenvalue weighted by Gasteiger charge is -2.09. The van der Waals surface area contributed by atoms with Crippen molar-refractivity contribution < 1.29 is 27.4 Å². The third-order valence-electron chi connectivity index (χ3n) is 22.8. The highest BCUT2D eigenvalue weighted by Crippen LogP contribution is 2.36. The summed E-state index contributed by atoms with van der Waals surface area (Å²) in [6, 6.07) is 60.7. The van der Waals surface area contributed by atoms with Crippen LogP contribution in [0.3, 0.4) is 0 Å². The number of pyridine rings is 12. The third kappa shape index (κ3) is 15.7. The van der Waals surface area contributed by atoms with Crippen LogP contribution in [0.1, 0.15) is 101 Å². The number of aromatic nitrogens is 12. The van der Waals surface area contributed by atoms with Crippen molar-refractivity contribution in [1.82, 2.24) is 26.4 Å². The molecule has 0 aliphatic rings. The van der Waals surface area contributed by atoms with Crippen LogP contribution in [0.15, 0.2) is 257 Å². The van der Waals surface area contributed by atoms with Gasteiger partial charge in [-0.2, -0.15) is 4.57 Å². The Morgan fingerprint density at radius 3 is 0.965 bits per heavy atom. The molecule has 0 atom stereocenters. The summed E-state index contributed by atoms with van der Waals surface area (Å²) in [6.45, 7) is 39.1. The number of nitrogens with zero attached hydrogens (tertiary/aromatic N) is 12. The summed E-state index contributed by atoms with van der Waals surface area (Å²) < 4.78 is 26.7. The standard InChI is InChI=1S/6C17H19N2/c1-12-5-8-18(4)15(11-12)16-13(2)6-9-19-10-7-14(3)17(16)19;2*1-12-7-9-18(4)15(10-12)16-14(3)11-19-8-5-6-13(2)17(16)19;1-12-8-9-18(4)16(10-12)17-13(2)11-15-7-5-6-14(3)19(15)17;2*1-12-8-10-18(4)16(11-12)17-13(2)15-7-5-6-9-19(15)14(17)3/h6*5-11H,1-4H3/q6*+1. The van der Waals surface area contributed by atoms with Gasteiger partial charge in [-0.25, -0.2) is 22.8 Å². The van der Waals surface area contributed by atoms with Gasteiger partial charge in [-0.15, -0.1) is 0 Å². The maximum atomic E-state index is 2.34. The fourth-order valence-electron chi connectivity index (χ4n) is 16.7. The van der Waals surface area contributed by atoms with Gasteiger partial charge in [0, 0.05) is 156 Å². The lowest BCUT2D eigenvalue weighted by Crippen LogP contribution is -2.31. The highest BCUT2D eigenvalue weighted by atomic mass is 15.0. The van der Waals surface area contributed by atoms with E-state index in [1.165, 1.54) is 201 Å². The zero-order valence-electron chi connectivity index (χ0n) is 71.6. The second-order valence-electron chi connectivity index (χ2n) is 31.8. The van der Waals surface area contributed by atoms with E-state index < -0.39 is 0 Å². The van der Waals surface area contributed by atoms with Crippen molar-refractivity contribution in [1.29, 1.82) is 0 Å². The first-order valence-electron chi connectivity index (χ1n) is 39.7. The second kappa shape index (κ2) is 33.0. The average Bonchev–Trinajstić information content (AvgIpc) is 1.84. The molecule has 114 heavy (non-hydrogen) atoms. The van der Waals surface area contributed by atoms with Crippen molar-refractivity contribution in [3.05, 3.63) is 357 Å². The number of rotatable bonds is 6. The molecule has 0 radical (unpaired) electrons. The number of hydrogen-bond acceptors (Lipinski definition) is 0. The summed E-state index contributed by atoms with van der Waals surface area (Å²) in [7, 11) is 12.6. The molecule has 12 heteroatoms. The van der Waals surface area contributed by atoms with Gasteiger partial charge in [0.2, 0.25) is 34.2 Å². The highest BCUT2D eigenvalue weighted by Gasteiger charge is 2.26. The van der Waals surface area contributed by atoms with E-state index in [1.807, 2.05) is 0 Å². The topological polar surface area (TPSA) is 49.7 Å².